The molecule has 0 aliphatic rings. The van der Waals surface area contributed by atoms with E-state index in [0.717, 1.165) is 16.6 Å². The minimum absolute atomic E-state index is 0.0558. The summed E-state index contributed by atoms with van der Waals surface area (Å²) in [5.74, 6) is 0.0558. The molecular weight excluding hydrogens is 176 g/mol. The van der Waals surface area contributed by atoms with Gasteiger partial charge in [-0.3, -0.25) is 4.98 Å². The fraction of sp³-hybridized carbons (Fsp3) is 0. The lowest BCUT2D eigenvalue weighted by Gasteiger charge is -1.98. The van der Waals surface area contributed by atoms with Gasteiger partial charge in [-0.2, -0.15) is 0 Å². The number of benzene rings is 1. The van der Waals surface area contributed by atoms with E-state index in [1.807, 2.05) is 30.3 Å². The molecule has 0 unspecified atom stereocenters. The van der Waals surface area contributed by atoms with Gasteiger partial charge in [0.2, 0.25) is 0 Å². The zero-order valence-corrected chi connectivity index (χ0v) is 7.51. The zero-order valence-electron chi connectivity index (χ0n) is 7.51. The number of aliphatic imine (C=N–C) groups is 1. The summed E-state index contributed by atoms with van der Waals surface area (Å²) in [5.41, 5.74) is 12.2. The average Bonchev–Trinajstić information content (AvgIpc) is 2.17. The summed E-state index contributed by atoms with van der Waals surface area (Å²) in [6.45, 7) is 0. The molecule has 0 atom stereocenters. The molecule has 0 spiro atoms. The summed E-state index contributed by atoms with van der Waals surface area (Å²) in [5, 5.41) is 1.07. The molecule has 0 bridgehead atoms. The zero-order chi connectivity index (χ0) is 9.97. The van der Waals surface area contributed by atoms with Gasteiger partial charge in [-0.15, -0.1) is 0 Å². The van der Waals surface area contributed by atoms with Crippen LogP contribution in [0.25, 0.3) is 10.9 Å². The van der Waals surface area contributed by atoms with Gasteiger partial charge in [0.25, 0.3) is 0 Å². The topological polar surface area (TPSA) is 77.3 Å². The van der Waals surface area contributed by atoms with Crippen LogP contribution < -0.4 is 11.5 Å². The molecule has 70 valence electrons. The molecule has 2 rings (SSSR count). The molecule has 4 heteroatoms. The van der Waals surface area contributed by atoms with Crippen LogP contribution in [0.2, 0.25) is 0 Å². The second-order valence-corrected chi connectivity index (χ2v) is 2.92. The Labute approximate surface area is 81.3 Å². The van der Waals surface area contributed by atoms with Crippen molar-refractivity contribution < 1.29 is 0 Å². The number of rotatable bonds is 1. The van der Waals surface area contributed by atoms with Gasteiger partial charge < -0.3 is 11.5 Å². The Morgan fingerprint density at radius 1 is 1.21 bits per heavy atom. The van der Waals surface area contributed by atoms with E-state index in [1.165, 1.54) is 0 Å². The van der Waals surface area contributed by atoms with E-state index < -0.39 is 0 Å². The van der Waals surface area contributed by atoms with Crippen molar-refractivity contribution >= 4 is 22.5 Å². The van der Waals surface area contributed by atoms with E-state index >= 15 is 0 Å². The lowest BCUT2D eigenvalue weighted by atomic mass is 10.2. The Morgan fingerprint density at radius 2 is 2.07 bits per heavy atom. The molecule has 4 nitrogen and oxygen atoms in total. The molecule has 4 N–H and O–H groups in total. The van der Waals surface area contributed by atoms with Crippen LogP contribution in [0.3, 0.4) is 0 Å². The summed E-state index contributed by atoms with van der Waals surface area (Å²) in [6.07, 6.45) is 1.74. The van der Waals surface area contributed by atoms with E-state index in [0.29, 0.717) is 0 Å². The predicted molar refractivity (Wildman–Crippen MR) is 57.2 cm³/mol. The monoisotopic (exact) mass is 186 g/mol. The Kier molecular flexibility index (Phi) is 2.02. The third-order valence-corrected chi connectivity index (χ3v) is 1.85. The van der Waals surface area contributed by atoms with Crippen LogP contribution in [-0.4, -0.2) is 10.9 Å². The molecule has 0 saturated heterocycles. The molecule has 14 heavy (non-hydrogen) atoms. The lowest BCUT2D eigenvalue weighted by Crippen LogP contribution is -2.21. The molecule has 0 fully saturated rings. The SMILES string of the molecule is NC(N)=Nc1ccc2cccnc2c1. The summed E-state index contributed by atoms with van der Waals surface area (Å²) in [4.78, 5) is 8.14. The lowest BCUT2D eigenvalue weighted by molar-refractivity contribution is 1.39. The maximum absolute atomic E-state index is 5.28. The smallest absolute Gasteiger partial charge is 0.191 e. The van der Waals surface area contributed by atoms with E-state index in [2.05, 4.69) is 9.98 Å². The highest BCUT2D eigenvalue weighted by molar-refractivity contribution is 5.84. The summed E-state index contributed by atoms with van der Waals surface area (Å²) < 4.78 is 0. The second kappa shape index (κ2) is 3.33. The fourth-order valence-electron chi connectivity index (χ4n) is 1.27. The molecule has 1 heterocycles. The molecule has 0 aliphatic heterocycles. The number of aromatic nitrogens is 1. The molecular formula is C10H10N4. The number of hydrogen-bond donors (Lipinski definition) is 2. The van der Waals surface area contributed by atoms with Crippen molar-refractivity contribution in [3.63, 3.8) is 0 Å². The Hall–Kier alpha value is -2.10. The highest BCUT2D eigenvalue weighted by Crippen LogP contribution is 2.18. The number of pyridine rings is 1. The predicted octanol–water partition coefficient (Wildman–Crippen LogP) is 1.14. The Balaban J connectivity index is 2.57. The van der Waals surface area contributed by atoms with Gasteiger partial charge in [0, 0.05) is 11.6 Å². The third-order valence-electron chi connectivity index (χ3n) is 1.85. The average molecular weight is 186 g/mol. The maximum atomic E-state index is 5.28. The van der Waals surface area contributed by atoms with Gasteiger partial charge in [-0.1, -0.05) is 12.1 Å². The second-order valence-electron chi connectivity index (χ2n) is 2.92. The minimum atomic E-state index is 0.0558. The quantitative estimate of drug-likeness (QED) is 0.518. The van der Waals surface area contributed by atoms with Crippen LogP contribution >= 0.6 is 0 Å². The largest absolute Gasteiger partial charge is 0.370 e. The molecule has 1 aromatic carbocycles. The molecule has 0 radical (unpaired) electrons. The van der Waals surface area contributed by atoms with Crippen LogP contribution in [0.5, 0.6) is 0 Å². The highest BCUT2D eigenvalue weighted by Gasteiger charge is 1.95. The van der Waals surface area contributed by atoms with Crippen molar-refractivity contribution in [1.82, 2.24) is 4.98 Å². The number of nitrogens with two attached hydrogens (primary N) is 2. The normalized spacial score (nSPS) is 10.0. The minimum Gasteiger partial charge on any atom is -0.370 e. The number of nitrogens with zero attached hydrogens (tertiary/aromatic N) is 2. The summed E-state index contributed by atoms with van der Waals surface area (Å²) in [7, 11) is 0. The van der Waals surface area contributed by atoms with E-state index in [1.54, 1.807) is 6.20 Å². The van der Waals surface area contributed by atoms with E-state index in [4.69, 9.17) is 11.5 Å². The molecule has 0 amide bonds. The van der Waals surface area contributed by atoms with Crippen LogP contribution in [0, 0.1) is 0 Å². The van der Waals surface area contributed by atoms with Crippen LogP contribution in [0.15, 0.2) is 41.5 Å². The molecule has 1 aromatic heterocycles. The highest BCUT2D eigenvalue weighted by atomic mass is 15.0. The van der Waals surface area contributed by atoms with Crippen molar-refractivity contribution in [3.05, 3.63) is 36.5 Å². The van der Waals surface area contributed by atoms with Crippen molar-refractivity contribution in [2.75, 3.05) is 0 Å². The first-order chi connectivity index (χ1) is 6.75. The van der Waals surface area contributed by atoms with Crippen molar-refractivity contribution in [2.45, 2.75) is 0 Å². The summed E-state index contributed by atoms with van der Waals surface area (Å²) in [6, 6.07) is 9.51. The van der Waals surface area contributed by atoms with Crippen molar-refractivity contribution in [3.8, 4) is 0 Å². The summed E-state index contributed by atoms with van der Waals surface area (Å²) >= 11 is 0. The first kappa shape index (κ1) is 8.50. The van der Waals surface area contributed by atoms with E-state index in [9.17, 15) is 0 Å². The molecule has 0 aliphatic carbocycles. The Bertz CT molecular complexity index is 486. The maximum Gasteiger partial charge on any atom is 0.191 e. The Morgan fingerprint density at radius 3 is 2.86 bits per heavy atom. The fourth-order valence-corrected chi connectivity index (χ4v) is 1.27. The number of guanidine groups is 1. The van der Waals surface area contributed by atoms with Gasteiger partial charge in [0.15, 0.2) is 5.96 Å². The van der Waals surface area contributed by atoms with Gasteiger partial charge >= 0.3 is 0 Å². The molecule has 2 aromatic rings. The standard InChI is InChI=1S/C10H10N4/c11-10(12)14-8-4-3-7-2-1-5-13-9(7)6-8/h1-6H,(H4,11,12,14). The van der Waals surface area contributed by atoms with Gasteiger partial charge in [0.1, 0.15) is 0 Å². The van der Waals surface area contributed by atoms with Crippen molar-refractivity contribution in [2.24, 2.45) is 16.5 Å². The molecule has 0 saturated carbocycles. The van der Waals surface area contributed by atoms with E-state index in [-0.39, 0.29) is 5.96 Å². The number of fused-ring (bicyclic) bond motifs is 1. The first-order valence-corrected chi connectivity index (χ1v) is 4.20. The van der Waals surface area contributed by atoms with Crippen LogP contribution in [0.4, 0.5) is 5.69 Å². The van der Waals surface area contributed by atoms with Gasteiger partial charge in [-0.05, 0) is 18.2 Å². The van der Waals surface area contributed by atoms with Crippen LogP contribution in [0.1, 0.15) is 0 Å². The van der Waals surface area contributed by atoms with Crippen molar-refractivity contribution in [1.29, 1.82) is 0 Å². The van der Waals surface area contributed by atoms with Gasteiger partial charge in [0.05, 0.1) is 11.2 Å². The van der Waals surface area contributed by atoms with Gasteiger partial charge in [-0.25, -0.2) is 4.99 Å². The third kappa shape index (κ3) is 1.64. The number of hydrogen-bond acceptors (Lipinski definition) is 2. The first-order valence-electron chi connectivity index (χ1n) is 4.20. The van der Waals surface area contributed by atoms with Crippen LogP contribution in [-0.2, 0) is 0 Å².